The molecule has 0 heterocycles. The molecule has 428 valence electrons. The van der Waals surface area contributed by atoms with Gasteiger partial charge in [0, 0.05) is 54.7 Å². The van der Waals surface area contributed by atoms with E-state index in [4.69, 9.17) is 28.4 Å². The zero-order valence-electron chi connectivity index (χ0n) is 42.3. The molecule has 0 aliphatic heterocycles. The fourth-order valence-electron chi connectivity index (χ4n) is 7.64. The second kappa shape index (κ2) is 27.3. The molecule has 24 heteroatoms. The molecule has 0 saturated heterocycles. The zero-order valence-corrected chi connectivity index (χ0v) is 42.3. The molecule has 0 saturated carbocycles. The molecular formula is C57H48F10N2O12. The number of nitro groups is 2. The SMILES string of the molecule is O=C(/C=C/c1ccc(OC(F)(F)c2ccc(OCCCC(F)(F)F)cc2)cc1)OCC(COC(=O)/C=C/c1ccc(OC(F)(F)c2ccc(OCCCC(F)(F)F)cc2)cc1)(Cc1ccc([N+](=O)[O-])cc1)Cc1ccc([N+](=O)[O-])cc1. The average Bonchev–Trinajstić information content (AvgIpc) is 3.53. The van der Waals surface area contributed by atoms with Gasteiger partial charge in [-0.1, -0.05) is 48.5 Å². The zero-order chi connectivity index (χ0) is 58.9. The van der Waals surface area contributed by atoms with Gasteiger partial charge in [0.05, 0.1) is 34.2 Å². The Morgan fingerprint density at radius 1 is 0.444 bits per heavy atom. The summed E-state index contributed by atoms with van der Waals surface area (Å²) in [5, 5.41) is 22.9. The molecule has 0 spiro atoms. The van der Waals surface area contributed by atoms with Crippen molar-refractivity contribution in [3.63, 3.8) is 0 Å². The van der Waals surface area contributed by atoms with Crippen molar-refractivity contribution in [3.8, 4) is 23.0 Å². The first-order chi connectivity index (χ1) is 38.2. The topological polar surface area (TPSA) is 176 Å². The lowest BCUT2D eigenvalue weighted by molar-refractivity contribution is -0.385. The molecule has 81 heavy (non-hydrogen) atoms. The van der Waals surface area contributed by atoms with Gasteiger partial charge in [-0.2, -0.15) is 43.9 Å². The van der Waals surface area contributed by atoms with Gasteiger partial charge in [-0.05, 0) is 133 Å². The van der Waals surface area contributed by atoms with Crippen LogP contribution in [0.1, 0.15) is 59.1 Å². The minimum atomic E-state index is -4.36. The molecule has 0 N–H and O–H groups in total. The highest BCUT2D eigenvalue weighted by Gasteiger charge is 2.37. The van der Waals surface area contributed by atoms with Gasteiger partial charge in [0.15, 0.2) is 0 Å². The summed E-state index contributed by atoms with van der Waals surface area (Å²) in [5.41, 5.74) is -1.40. The first-order valence-electron chi connectivity index (χ1n) is 24.3. The summed E-state index contributed by atoms with van der Waals surface area (Å²) in [6, 6.07) is 29.6. The Morgan fingerprint density at radius 2 is 0.765 bits per heavy atom. The minimum Gasteiger partial charge on any atom is -0.494 e. The van der Waals surface area contributed by atoms with Crippen LogP contribution in [-0.4, -0.2) is 60.6 Å². The molecule has 0 aliphatic rings. The van der Waals surface area contributed by atoms with Crippen molar-refractivity contribution in [1.29, 1.82) is 0 Å². The lowest BCUT2D eigenvalue weighted by Crippen LogP contribution is -2.38. The van der Waals surface area contributed by atoms with Crippen molar-refractivity contribution >= 4 is 35.5 Å². The van der Waals surface area contributed by atoms with Gasteiger partial charge in [0.2, 0.25) is 0 Å². The molecule has 0 radical (unpaired) electrons. The van der Waals surface area contributed by atoms with Crippen LogP contribution in [0.4, 0.5) is 55.3 Å². The lowest BCUT2D eigenvalue weighted by atomic mass is 9.77. The number of nitro benzene ring substituents is 2. The number of benzene rings is 6. The summed E-state index contributed by atoms with van der Waals surface area (Å²) in [4.78, 5) is 48.4. The summed E-state index contributed by atoms with van der Waals surface area (Å²) < 4.78 is 166. The molecule has 6 aromatic rings. The van der Waals surface area contributed by atoms with Crippen molar-refractivity contribution in [3.05, 3.63) is 211 Å². The monoisotopic (exact) mass is 1140 g/mol. The number of hydrogen-bond donors (Lipinski definition) is 0. The Labute approximate surface area is 455 Å². The minimum absolute atomic E-state index is 0.0548. The van der Waals surface area contributed by atoms with E-state index in [-0.39, 0.29) is 73.3 Å². The van der Waals surface area contributed by atoms with E-state index in [0.29, 0.717) is 22.3 Å². The van der Waals surface area contributed by atoms with Gasteiger partial charge in [0.25, 0.3) is 11.4 Å². The number of nitrogens with zero attached hydrogens (tertiary/aromatic N) is 2. The van der Waals surface area contributed by atoms with Crippen LogP contribution in [-0.2, 0) is 44.1 Å². The van der Waals surface area contributed by atoms with E-state index in [2.05, 4.69) is 0 Å². The summed E-state index contributed by atoms with van der Waals surface area (Å²) in [7, 11) is 0. The summed E-state index contributed by atoms with van der Waals surface area (Å²) in [6.45, 7) is -1.52. The Bertz CT molecular complexity index is 2890. The lowest BCUT2D eigenvalue weighted by Gasteiger charge is -2.33. The highest BCUT2D eigenvalue weighted by Crippen LogP contribution is 2.36. The van der Waals surface area contributed by atoms with Crippen LogP contribution < -0.4 is 18.9 Å². The Morgan fingerprint density at radius 3 is 1.07 bits per heavy atom. The first kappa shape index (κ1) is 61.3. The predicted octanol–water partition coefficient (Wildman–Crippen LogP) is 14.5. The maximum Gasteiger partial charge on any atom is 0.426 e. The molecule has 0 fully saturated rings. The third-order valence-corrected chi connectivity index (χ3v) is 11.7. The van der Waals surface area contributed by atoms with E-state index in [1.807, 2.05) is 0 Å². The Kier molecular flexibility index (Phi) is 20.6. The standard InChI is InChI=1S/C57H48F10N2O12/c58-54(59,60)31-1-33-76-47-25-13-43(14-26-47)56(64,65)80-49-21-7-39(8-22-49)11-29-51(70)78-37-53(35-41-3-17-45(18-4-41)68(72)73,36-42-5-19-46(20-6-42)69(74)75)38-79-52(71)30-12-40-9-23-50(24-10-40)81-57(66,67)44-15-27-48(28-16-44)77-34-2-32-55(61,62)63/h3-30H,1-2,31-38H2/b29-11+,30-12+. The molecule has 6 aromatic carbocycles. The first-order valence-corrected chi connectivity index (χ1v) is 24.3. The van der Waals surface area contributed by atoms with Gasteiger partial charge in [0.1, 0.15) is 36.2 Å². The average molecular weight is 1140 g/mol. The van der Waals surface area contributed by atoms with E-state index < -0.39 is 89.0 Å². The van der Waals surface area contributed by atoms with Gasteiger partial charge < -0.3 is 28.4 Å². The summed E-state index contributed by atoms with van der Waals surface area (Å²) >= 11 is 0. The van der Waals surface area contributed by atoms with Crippen LogP contribution >= 0.6 is 0 Å². The van der Waals surface area contributed by atoms with Crippen LogP contribution in [0.15, 0.2) is 158 Å². The molecular weight excluding hydrogens is 1090 g/mol. The van der Waals surface area contributed by atoms with Crippen LogP contribution in [0.25, 0.3) is 12.2 Å². The molecule has 14 nitrogen and oxygen atoms in total. The summed E-state index contributed by atoms with van der Waals surface area (Å²) in [6.07, 6.45) is -14.6. The second-order valence-corrected chi connectivity index (χ2v) is 18.1. The molecule has 0 bridgehead atoms. The fraction of sp³-hybridized carbons (Fsp3) is 0.263. The highest BCUT2D eigenvalue weighted by atomic mass is 19.4. The van der Waals surface area contributed by atoms with Crippen molar-refractivity contribution < 1.29 is 91.8 Å². The van der Waals surface area contributed by atoms with E-state index in [9.17, 15) is 56.2 Å². The maximum absolute atomic E-state index is 15.1. The van der Waals surface area contributed by atoms with Gasteiger partial charge in [-0.15, -0.1) is 0 Å². The number of esters is 2. The van der Waals surface area contributed by atoms with Crippen LogP contribution in [0.3, 0.4) is 0 Å². The normalized spacial score (nSPS) is 12.3. The second-order valence-electron chi connectivity index (χ2n) is 18.1. The molecule has 0 atom stereocenters. The van der Waals surface area contributed by atoms with E-state index >= 15 is 17.6 Å². The number of carbonyl (C=O) groups is 2. The quantitative estimate of drug-likeness (QED) is 0.0114. The van der Waals surface area contributed by atoms with Gasteiger partial charge in [-0.3, -0.25) is 20.2 Å². The molecule has 0 aromatic heterocycles. The van der Waals surface area contributed by atoms with E-state index in [0.717, 1.165) is 60.7 Å². The third kappa shape index (κ3) is 20.3. The molecule has 6 rings (SSSR count). The van der Waals surface area contributed by atoms with E-state index in [1.165, 1.54) is 109 Å². The number of halogens is 10. The van der Waals surface area contributed by atoms with Crippen LogP contribution in [0, 0.1) is 25.6 Å². The van der Waals surface area contributed by atoms with Crippen LogP contribution in [0.2, 0.25) is 0 Å². The molecule has 0 amide bonds. The largest absolute Gasteiger partial charge is 0.494 e. The van der Waals surface area contributed by atoms with Gasteiger partial charge in [-0.25, -0.2) is 9.59 Å². The number of carbonyl (C=O) groups excluding carboxylic acids is 2. The number of non-ortho nitro benzene ring substituents is 2. The van der Waals surface area contributed by atoms with Crippen molar-refractivity contribution in [2.45, 2.75) is 63.1 Å². The van der Waals surface area contributed by atoms with Crippen LogP contribution in [0.5, 0.6) is 23.0 Å². The smallest absolute Gasteiger partial charge is 0.426 e. The predicted molar refractivity (Wildman–Crippen MR) is 272 cm³/mol. The van der Waals surface area contributed by atoms with Crippen molar-refractivity contribution in [2.24, 2.45) is 5.41 Å². The number of rotatable bonds is 28. The summed E-state index contributed by atoms with van der Waals surface area (Å²) in [5.74, 6) is -2.24. The fourth-order valence-corrected chi connectivity index (χ4v) is 7.64. The Hall–Kier alpha value is -8.96. The van der Waals surface area contributed by atoms with Crippen molar-refractivity contribution in [1.82, 2.24) is 0 Å². The van der Waals surface area contributed by atoms with Gasteiger partial charge >= 0.3 is 36.5 Å². The molecule has 0 aliphatic carbocycles. The Balaban J connectivity index is 1.12. The number of hydrogen-bond acceptors (Lipinski definition) is 12. The third-order valence-electron chi connectivity index (χ3n) is 11.7. The number of ether oxygens (including phenoxy) is 6. The molecule has 0 unspecified atom stereocenters. The maximum atomic E-state index is 15.1. The highest BCUT2D eigenvalue weighted by molar-refractivity contribution is 5.87. The van der Waals surface area contributed by atoms with Crippen molar-refractivity contribution in [2.75, 3.05) is 26.4 Å². The van der Waals surface area contributed by atoms with E-state index in [1.54, 1.807) is 0 Å². The number of alkyl halides is 10.